The summed E-state index contributed by atoms with van der Waals surface area (Å²) in [5, 5.41) is 0. The molecule has 0 bridgehead atoms. The van der Waals surface area contributed by atoms with Crippen LogP contribution in [0.1, 0.15) is 30.3 Å². The summed E-state index contributed by atoms with van der Waals surface area (Å²) in [7, 11) is 0. The predicted octanol–water partition coefficient (Wildman–Crippen LogP) is 0.148. The van der Waals surface area contributed by atoms with Gasteiger partial charge >= 0.3 is 5.69 Å². The van der Waals surface area contributed by atoms with E-state index in [1.165, 1.54) is 5.56 Å². The molecule has 1 heterocycles. The quantitative estimate of drug-likeness (QED) is 0.702. The van der Waals surface area contributed by atoms with Gasteiger partial charge in [0.05, 0.1) is 5.69 Å². The number of rotatable bonds is 2. The maximum absolute atomic E-state index is 11.2. The maximum atomic E-state index is 11.2. The van der Waals surface area contributed by atoms with E-state index in [4.69, 9.17) is 5.73 Å². The Morgan fingerprint density at radius 2 is 2.36 bits per heavy atom. The molecule has 1 aromatic rings. The van der Waals surface area contributed by atoms with Gasteiger partial charge in [0.1, 0.15) is 0 Å². The van der Waals surface area contributed by atoms with Crippen LogP contribution in [0.15, 0.2) is 4.79 Å². The second kappa shape index (κ2) is 3.53. The molecule has 2 rings (SSSR count). The summed E-state index contributed by atoms with van der Waals surface area (Å²) in [6.07, 6.45) is 3.81. The third kappa shape index (κ3) is 1.70. The average Bonchev–Trinajstić information content (AvgIpc) is 2.50. The van der Waals surface area contributed by atoms with E-state index in [-0.39, 0.29) is 11.7 Å². The van der Waals surface area contributed by atoms with Crippen LogP contribution in [0, 0.1) is 0 Å². The van der Waals surface area contributed by atoms with Gasteiger partial charge in [-0.2, -0.15) is 4.98 Å². The minimum atomic E-state index is -0.235. The van der Waals surface area contributed by atoms with E-state index in [9.17, 15) is 4.79 Å². The molecule has 0 radical (unpaired) electrons. The lowest BCUT2D eigenvalue weighted by Crippen LogP contribution is -2.24. The molecular formula is C10H15N3O. The van der Waals surface area contributed by atoms with Crippen LogP contribution in [-0.2, 0) is 19.3 Å². The van der Waals surface area contributed by atoms with Crippen LogP contribution >= 0.6 is 0 Å². The molecule has 0 aliphatic heterocycles. The number of H-pyrrole nitrogens is 1. The van der Waals surface area contributed by atoms with Crippen molar-refractivity contribution in [2.24, 2.45) is 5.73 Å². The van der Waals surface area contributed by atoms with Crippen LogP contribution in [0.5, 0.6) is 0 Å². The Hall–Kier alpha value is -1.16. The summed E-state index contributed by atoms with van der Waals surface area (Å²) in [4.78, 5) is 18.0. The third-order valence-corrected chi connectivity index (χ3v) is 2.58. The minimum absolute atomic E-state index is 0.0639. The van der Waals surface area contributed by atoms with Gasteiger partial charge in [-0.05, 0) is 31.7 Å². The van der Waals surface area contributed by atoms with Gasteiger partial charge in [0, 0.05) is 18.2 Å². The number of fused-ring (bicyclic) bond motifs is 1. The van der Waals surface area contributed by atoms with Crippen LogP contribution < -0.4 is 11.4 Å². The van der Waals surface area contributed by atoms with Gasteiger partial charge in [-0.15, -0.1) is 0 Å². The summed E-state index contributed by atoms with van der Waals surface area (Å²) >= 11 is 0. The molecular weight excluding hydrogens is 178 g/mol. The number of aromatic amines is 1. The molecule has 0 aromatic carbocycles. The highest BCUT2D eigenvalue weighted by Gasteiger charge is 2.17. The van der Waals surface area contributed by atoms with Crippen LogP contribution in [0.3, 0.4) is 0 Å². The summed E-state index contributed by atoms with van der Waals surface area (Å²) in [5.41, 5.74) is 8.67. The fourth-order valence-electron chi connectivity index (χ4n) is 2.02. The molecule has 1 aliphatic carbocycles. The topological polar surface area (TPSA) is 71.8 Å². The van der Waals surface area contributed by atoms with Gasteiger partial charge in [0.2, 0.25) is 0 Å². The van der Waals surface area contributed by atoms with Gasteiger partial charge in [-0.1, -0.05) is 0 Å². The van der Waals surface area contributed by atoms with Crippen LogP contribution in [0.25, 0.3) is 0 Å². The van der Waals surface area contributed by atoms with E-state index < -0.39 is 0 Å². The Balaban J connectivity index is 2.43. The number of nitrogens with zero attached hydrogens (tertiary/aromatic N) is 1. The molecule has 3 N–H and O–H groups in total. The Kier molecular flexibility index (Phi) is 2.37. The molecule has 4 nitrogen and oxygen atoms in total. The first-order valence-corrected chi connectivity index (χ1v) is 5.03. The second-order valence-electron chi connectivity index (χ2n) is 3.98. The molecule has 0 fully saturated rings. The monoisotopic (exact) mass is 193 g/mol. The highest BCUT2D eigenvalue weighted by Crippen LogP contribution is 2.21. The first-order valence-electron chi connectivity index (χ1n) is 5.03. The molecule has 1 aliphatic rings. The van der Waals surface area contributed by atoms with Crippen molar-refractivity contribution in [1.82, 2.24) is 9.97 Å². The third-order valence-electron chi connectivity index (χ3n) is 2.58. The molecule has 1 unspecified atom stereocenters. The lowest BCUT2D eigenvalue weighted by atomic mass is 10.1. The van der Waals surface area contributed by atoms with E-state index in [0.717, 1.165) is 30.7 Å². The van der Waals surface area contributed by atoms with E-state index in [2.05, 4.69) is 9.97 Å². The predicted molar refractivity (Wildman–Crippen MR) is 54.2 cm³/mol. The van der Waals surface area contributed by atoms with Crippen molar-refractivity contribution < 1.29 is 0 Å². The summed E-state index contributed by atoms with van der Waals surface area (Å²) in [5.74, 6) is 0. The van der Waals surface area contributed by atoms with E-state index in [1.54, 1.807) is 0 Å². The summed E-state index contributed by atoms with van der Waals surface area (Å²) in [6.45, 7) is 1.93. The molecule has 0 saturated heterocycles. The number of aryl methyl sites for hydroxylation is 1. The zero-order chi connectivity index (χ0) is 10.1. The van der Waals surface area contributed by atoms with Gasteiger partial charge in [0.15, 0.2) is 0 Å². The number of hydrogen-bond donors (Lipinski definition) is 2. The molecule has 1 aromatic heterocycles. The summed E-state index contributed by atoms with van der Waals surface area (Å²) < 4.78 is 0. The van der Waals surface area contributed by atoms with Crippen molar-refractivity contribution >= 4 is 0 Å². The van der Waals surface area contributed by atoms with Crippen molar-refractivity contribution in [3.63, 3.8) is 0 Å². The number of hydrogen-bond acceptors (Lipinski definition) is 3. The van der Waals surface area contributed by atoms with E-state index >= 15 is 0 Å². The zero-order valence-corrected chi connectivity index (χ0v) is 8.34. The number of nitrogens with one attached hydrogen (secondary N) is 1. The lowest BCUT2D eigenvalue weighted by molar-refractivity contribution is 0.707. The van der Waals surface area contributed by atoms with Crippen molar-refractivity contribution in [2.75, 3.05) is 0 Å². The Bertz CT molecular complexity index is 395. The van der Waals surface area contributed by atoms with E-state index in [0.29, 0.717) is 6.42 Å². The Morgan fingerprint density at radius 1 is 1.57 bits per heavy atom. The van der Waals surface area contributed by atoms with Gasteiger partial charge < -0.3 is 10.7 Å². The first kappa shape index (κ1) is 9.40. The zero-order valence-electron chi connectivity index (χ0n) is 8.34. The van der Waals surface area contributed by atoms with Crippen molar-refractivity contribution in [3.8, 4) is 0 Å². The van der Waals surface area contributed by atoms with Gasteiger partial charge in [0.25, 0.3) is 0 Å². The highest BCUT2D eigenvalue weighted by molar-refractivity contribution is 5.29. The van der Waals surface area contributed by atoms with Crippen LogP contribution in [0.2, 0.25) is 0 Å². The Labute approximate surface area is 82.6 Å². The first-order chi connectivity index (χ1) is 6.66. The molecule has 0 amide bonds. The summed E-state index contributed by atoms with van der Waals surface area (Å²) in [6, 6.07) is 0.0639. The molecule has 0 spiro atoms. The maximum Gasteiger partial charge on any atom is 0.345 e. The van der Waals surface area contributed by atoms with E-state index in [1.807, 2.05) is 6.92 Å². The lowest BCUT2D eigenvalue weighted by Gasteiger charge is -2.08. The molecule has 1 atom stereocenters. The minimum Gasteiger partial charge on any atom is -0.328 e. The molecule has 14 heavy (non-hydrogen) atoms. The molecule has 76 valence electrons. The molecule has 0 saturated carbocycles. The van der Waals surface area contributed by atoms with Crippen LogP contribution in [-0.4, -0.2) is 16.0 Å². The van der Waals surface area contributed by atoms with Crippen molar-refractivity contribution in [2.45, 2.75) is 38.6 Å². The fraction of sp³-hybridized carbons (Fsp3) is 0.600. The largest absolute Gasteiger partial charge is 0.345 e. The van der Waals surface area contributed by atoms with Gasteiger partial charge in [-0.25, -0.2) is 4.79 Å². The molecule has 4 heteroatoms. The SMILES string of the molecule is CC(N)Cc1nc(=O)[nH]c2c1CCC2. The second-order valence-corrected chi connectivity index (χ2v) is 3.98. The fourth-order valence-corrected chi connectivity index (χ4v) is 2.02. The van der Waals surface area contributed by atoms with Crippen molar-refractivity contribution in [3.05, 3.63) is 27.4 Å². The van der Waals surface area contributed by atoms with Gasteiger partial charge in [-0.3, -0.25) is 0 Å². The van der Waals surface area contributed by atoms with Crippen molar-refractivity contribution in [1.29, 1.82) is 0 Å². The number of aromatic nitrogens is 2. The smallest absolute Gasteiger partial charge is 0.328 e. The highest BCUT2D eigenvalue weighted by atomic mass is 16.1. The Morgan fingerprint density at radius 3 is 3.07 bits per heavy atom. The normalized spacial score (nSPS) is 16.7. The van der Waals surface area contributed by atoms with Crippen LogP contribution in [0.4, 0.5) is 0 Å². The number of nitrogens with two attached hydrogens (primary N) is 1. The average molecular weight is 193 g/mol. The standard InChI is InChI=1S/C10H15N3O/c1-6(11)5-9-7-3-2-4-8(7)12-10(14)13-9/h6H,2-5,11H2,1H3,(H,12,13,14).